The summed E-state index contributed by atoms with van der Waals surface area (Å²) < 4.78 is 37.8. The molecule has 0 bridgehead atoms. The molecule has 106 valence electrons. The maximum absolute atomic E-state index is 12.6. The summed E-state index contributed by atoms with van der Waals surface area (Å²) in [5.74, 6) is 0. The van der Waals surface area contributed by atoms with Gasteiger partial charge in [0, 0.05) is 10.4 Å². The van der Waals surface area contributed by atoms with E-state index in [1.54, 1.807) is 6.07 Å². The van der Waals surface area contributed by atoms with E-state index in [4.69, 9.17) is 11.6 Å². The smallest absolute Gasteiger partial charge is 0.166 e. The lowest BCUT2D eigenvalue weighted by molar-refractivity contribution is -0.137. The van der Waals surface area contributed by atoms with Gasteiger partial charge in [-0.1, -0.05) is 54.1 Å². The molecule has 0 aliphatic carbocycles. The second-order valence-corrected chi connectivity index (χ2v) is 5.12. The van der Waals surface area contributed by atoms with E-state index in [2.05, 4.69) is 0 Å². The van der Waals surface area contributed by atoms with Gasteiger partial charge in [0.1, 0.15) is 0 Å². The van der Waals surface area contributed by atoms with E-state index in [0.717, 1.165) is 34.0 Å². The van der Waals surface area contributed by atoms with Gasteiger partial charge in [0.2, 0.25) is 0 Å². The maximum Gasteiger partial charge on any atom is 0.416 e. The van der Waals surface area contributed by atoms with Gasteiger partial charge in [-0.05, 0) is 34.7 Å². The zero-order valence-electron chi connectivity index (χ0n) is 10.8. The van der Waals surface area contributed by atoms with Crippen molar-refractivity contribution in [1.29, 1.82) is 0 Å². The van der Waals surface area contributed by atoms with Crippen molar-refractivity contribution in [3.63, 3.8) is 0 Å². The highest BCUT2D eigenvalue weighted by Gasteiger charge is 2.30. The third kappa shape index (κ3) is 2.61. The van der Waals surface area contributed by atoms with E-state index in [1.807, 2.05) is 30.3 Å². The number of hydrogen-bond donors (Lipinski definition) is 0. The first-order valence-electron chi connectivity index (χ1n) is 6.32. The minimum Gasteiger partial charge on any atom is -0.166 e. The van der Waals surface area contributed by atoms with Gasteiger partial charge in [-0.25, -0.2) is 0 Å². The van der Waals surface area contributed by atoms with Crippen molar-refractivity contribution in [2.75, 3.05) is 0 Å². The highest BCUT2D eigenvalue weighted by Crippen LogP contribution is 2.35. The Kier molecular flexibility index (Phi) is 3.38. The number of rotatable bonds is 1. The van der Waals surface area contributed by atoms with Gasteiger partial charge in [0.15, 0.2) is 0 Å². The number of fused-ring (bicyclic) bond motifs is 1. The van der Waals surface area contributed by atoms with Crippen LogP contribution in [-0.2, 0) is 6.18 Å². The lowest BCUT2D eigenvalue weighted by Gasteiger charge is -2.10. The zero-order valence-corrected chi connectivity index (χ0v) is 11.5. The Morgan fingerprint density at radius 1 is 0.714 bits per heavy atom. The van der Waals surface area contributed by atoms with Crippen molar-refractivity contribution in [2.24, 2.45) is 0 Å². The van der Waals surface area contributed by atoms with Crippen LogP contribution in [0.5, 0.6) is 0 Å². The SMILES string of the molecule is FC(F)(F)c1ccc(-c2ccc(Cl)c3ccccc23)cc1. The molecule has 0 radical (unpaired) electrons. The Balaban J connectivity index is 2.15. The monoisotopic (exact) mass is 306 g/mol. The molecule has 4 heteroatoms. The molecule has 21 heavy (non-hydrogen) atoms. The number of benzene rings is 3. The molecule has 0 atom stereocenters. The minimum absolute atomic E-state index is 0.626. The van der Waals surface area contributed by atoms with Crippen LogP contribution >= 0.6 is 11.6 Å². The molecule has 0 heterocycles. The van der Waals surface area contributed by atoms with E-state index in [9.17, 15) is 13.2 Å². The van der Waals surface area contributed by atoms with E-state index < -0.39 is 11.7 Å². The second kappa shape index (κ2) is 5.08. The summed E-state index contributed by atoms with van der Waals surface area (Å²) in [4.78, 5) is 0. The zero-order chi connectivity index (χ0) is 15.0. The summed E-state index contributed by atoms with van der Waals surface area (Å²) in [7, 11) is 0. The van der Waals surface area contributed by atoms with Crippen LogP contribution in [0.15, 0.2) is 60.7 Å². The number of hydrogen-bond acceptors (Lipinski definition) is 0. The molecule has 3 aromatic rings. The Bertz CT molecular complexity index is 789. The largest absolute Gasteiger partial charge is 0.416 e. The van der Waals surface area contributed by atoms with Gasteiger partial charge in [-0.2, -0.15) is 13.2 Å². The van der Waals surface area contributed by atoms with Crippen LogP contribution in [0.3, 0.4) is 0 Å². The van der Waals surface area contributed by atoms with Crippen molar-refractivity contribution >= 4 is 22.4 Å². The van der Waals surface area contributed by atoms with Crippen molar-refractivity contribution in [3.05, 3.63) is 71.2 Å². The van der Waals surface area contributed by atoms with E-state index in [0.29, 0.717) is 5.02 Å². The molecular weight excluding hydrogens is 297 g/mol. The second-order valence-electron chi connectivity index (χ2n) is 4.72. The predicted molar refractivity (Wildman–Crippen MR) is 79.4 cm³/mol. The van der Waals surface area contributed by atoms with Gasteiger partial charge < -0.3 is 0 Å². The Morgan fingerprint density at radius 2 is 1.33 bits per heavy atom. The summed E-state index contributed by atoms with van der Waals surface area (Å²) in [6, 6.07) is 16.3. The average molecular weight is 307 g/mol. The molecule has 0 fully saturated rings. The number of alkyl halides is 3. The standard InChI is InChI=1S/C17H10ClF3/c18-16-10-9-13(14-3-1-2-4-15(14)16)11-5-7-12(8-6-11)17(19,20)21/h1-10H. The van der Waals surface area contributed by atoms with Gasteiger partial charge in [0.25, 0.3) is 0 Å². The predicted octanol–water partition coefficient (Wildman–Crippen LogP) is 6.18. The molecule has 0 unspecified atom stereocenters. The highest BCUT2D eigenvalue weighted by atomic mass is 35.5. The Hall–Kier alpha value is -2.00. The van der Waals surface area contributed by atoms with Gasteiger partial charge in [0.05, 0.1) is 5.56 Å². The van der Waals surface area contributed by atoms with Crippen molar-refractivity contribution < 1.29 is 13.2 Å². The molecule has 0 spiro atoms. The first-order chi connectivity index (χ1) is 9.97. The lowest BCUT2D eigenvalue weighted by Crippen LogP contribution is -2.03. The van der Waals surface area contributed by atoms with Gasteiger partial charge >= 0.3 is 6.18 Å². The third-order valence-corrected chi connectivity index (χ3v) is 3.72. The molecular formula is C17H10ClF3. The van der Waals surface area contributed by atoms with Crippen LogP contribution in [0, 0.1) is 0 Å². The van der Waals surface area contributed by atoms with E-state index in [1.165, 1.54) is 12.1 Å². The van der Waals surface area contributed by atoms with Crippen molar-refractivity contribution in [3.8, 4) is 11.1 Å². The summed E-state index contributed by atoms with van der Waals surface area (Å²) in [6.07, 6.45) is -4.32. The van der Waals surface area contributed by atoms with Gasteiger partial charge in [-0.15, -0.1) is 0 Å². The molecule has 3 aromatic carbocycles. The maximum atomic E-state index is 12.6. The lowest BCUT2D eigenvalue weighted by atomic mass is 9.97. The topological polar surface area (TPSA) is 0 Å². The quantitative estimate of drug-likeness (QED) is 0.503. The summed E-state index contributed by atoms with van der Waals surface area (Å²) in [6.45, 7) is 0. The normalized spacial score (nSPS) is 11.8. The van der Waals surface area contributed by atoms with Crippen LogP contribution in [-0.4, -0.2) is 0 Å². The average Bonchev–Trinajstić information content (AvgIpc) is 2.47. The van der Waals surface area contributed by atoms with Crippen LogP contribution in [0.2, 0.25) is 5.02 Å². The Morgan fingerprint density at radius 3 is 1.95 bits per heavy atom. The summed E-state index contributed by atoms with van der Waals surface area (Å²) >= 11 is 6.15. The first-order valence-corrected chi connectivity index (χ1v) is 6.69. The molecule has 0 aliphatic heterocycles. The minimum atomic E-state index is -4.32. The van der Waals surface area contributed by atoms with Gasteiger partial charge in [-0.3, -0.25) is 0 Å². The fourth-order valence-electron chi connectivity index (χ4n) is 2.35. The van der Waals surface area contributed by atoms with Crippen molar-refractivity contribution in [1.82, 2.24) is 0 Å². The van der Waals surface area contributed by atoms with E-state index >= 15 is 0 Å². The van der Waals surface area contributed by atoms with Crippen molar-refractivity contribution in [2.45, 2.75) is 6.18 Å². The highest BCUT2D eigenvalue weighted by molar-refractivity contribution is 6.36. The fourth-order valence-corrected chi connectivity index (χ4v) is 2.58. The van der Waals surface area contributed by atoms with Crippen LogP contribution in [0.1, 0.15) is 5.56 Å². The van der Waals surface area contributed by atoms with Crippen LogP contribution in [0.4, 0.5) is 13.2 Å². The molecule has 0 saturated carbocycles. The molecule has 0 amide bonds. The van der Waals surface area contributed by atoms with E-state index in [-0.39, 0.29) is 0 Å². The van der Waals surface area contributed by atoms with Crippen LogP contribution < -0.4 is 0 Å². The molecule has 0 N–H and O–H groups in total. The molecule has 3 rings (SSSR count). The summed E-state index contributed by atoms with van der Waals surface area (Å²) in [5.41, 5.74) is 0.948. The number of halogens is 4. The molecule has 0 saturated heterocycles. The van der Waals surface area contributed by atoms with Crippen LogP contribution in [0.25, 0.3) is 21.9 Å². The third-order valence-electron chi connectivity index (χ3n) is 3.39. The fraction of sp³-hybridized carbons (Fsp3) is 0.0588. The molecule has 0 aliphatic rings. The molecule has 0 nitrogen and oxygen atoms in total. The Labute approximate surface area is 124 Å². The first kappa shape index (κ1) is 14.0. The molecule has 0 aromatic heterocycles. The summed E-state index contributed by atoms with van der Waals surface area (Å²) in [5, 5.41) is 2.43.